The van der Waals surface area contributed by atoms with Gasteiger partial charge in [0.15, 0.2) is 12.4 Å². The lowest BCUT2D eigenvalue weighted by molar-refractivity contribution is -0.123. The number of anilines is 1. The fourth-order valence-electron chi connectivity index (χ4n) is 5.14. The molecule has 1 saturated heterocycles. The van der Waals surface area contributed by atoms with E-state index in [9.17, 15) is 19.2 Å². The lowest BCUT2D eigenvalue weighted by Gasteiger charge is -2.18. The number of ether oxygens (including phenoxy) is 1. The summed E-state index contributed by atoms with van der Waals surface area (Å²) in [6, 6.07) is 11.6. The van der Waals surface area contributed by atoms with E-state index in [4.69, 9.17) is 4.74 Å². The molecule has 2 amide bonds. The average Bonchev–Trinajstić information content (AvgIpc) is 3.47. The quantitative estimate of drug-likeness (QED) is 0.314. The van der Waals surface area contributed by atoms with E-state index in [2.05, 4.69) is 0 Å². The van der Waals surface area contributed by atoms with Gasteiger partial charge in [0.2, 0.25) is 11.8 Å². The largest absolute Gasteiger partial charge is 0.454 e. The minimum atomic E-state index is -0.676. The molecule has 32 heavy (non-hydrogen) atoms. The Morgan fingerprint density at radius 2 is 1.59 bits per heavy atom. The molecule has 0 unspecified atom stereocenters. The Morgan fingerprint density at radius 1 is 0.906 bits per heavy atom. The molecule has 2 bridgehead atoms. The van der Waals surface area contributed by atoms with Gasteiger partial charge in [-0.15, -0.1) is 0 Å². The fourth-order valence-corrected chi connectivity index (χ4v) is 5.14. The van der Waals surface area contributed by atoms with E-state index in [0.717, 1.165) is 17.5 Å². The number of hydrogen-bond donors (Lipinski definition) is 0. The summed E-state index contributed by atoms with van der Waals surface area (Å²) >= 11 is 0. The molecule has 2 fully saturated rings. The number of imide groups is 1. The van der Waals surface area contributed by atoms with Crippen LogP contribution in [0, 0.1) is 37.5 Å². The zero-order chi connectivity index (χ0) is 22.6. The second-order valence-electron chi connectivity index (χ2n) is 8.86. The van der Waals surface area contributed by atoms with Crippen LogP contribution in [0.3, 0.4) is 0 Å². The number of nitrogens with zero attached hydrogens (tertiary/aromatic N) is 1. The van der Waals surface area contributed by atoms with E-state index in [1.54, 1.807) is 30.3 Å². The highest BCUT2D eigenvalue weighted by atomic mass is 16.5. The maximum absolute atomic E-state index is 13.0. The van der Waals surface area contributed by atoms with E-state index in [1.165, 1.54) is 11.0 Å². The second kappa shape index (κ2) is 7.55. The number of esters is 1. The van der Waals surface area contributed by atoms with Crippen molar-refractivity contribution in [1.29, 1.82) is 0 Å². The monoisotopic (exact) mass is 429 g/mol. The summed E-state index contributed by atoms with van der Waals surface area (Å²) in [4.78, 5) is 52.2. The van der Waals surface area contributed by atoms with Crippen molar-refractivity contribution in [2.75, 3.05) is 11.5 Å². The highest BCUT2D eigenvalue weighted by molar-refractivity contribution is 6.23. The van der Waals surface area contributed by atoms with E-state index in [0.29, 0.717) is 11.3 Å². The van der Waals surface area contributed by atoms with Crippen LogP contribution < -0.4 is 4.90 Å². The molecular weight excluding hydrogens is 406 g/mol. The van der Waals surface area contributed by atoms with E-state index in [-0.39, 0.29) is 53.4 Å². The first-order chi connectivity index (χ1) is 15.3. The summed E-state index contributed by atoms with van der Waals surface area (Å²) in [5.74, 6) is -1.73. The van der Waals surface area contributed by atoms with Crippen molar-refractivity contribution in [3.05, 3.63) is 76.9 Å². The summed E-state index contributed by atoms with van der Waals surface area (Å²) < 4.78 is 5.22. The van der Waals surface area contributed by atoms with Gasteiger partial charge in [0.05, 0.1) is 23.1 Å². The molecule has 6 nitrogen and oxygen atoms in total. The van der Waals surface area contributed by atoms with Crippen molar-refractivity contribution in [3.63, 3.8) is 0 Å². The Morgan fingerprint density at radius 3 is 2.25 bits per heavy atom. The lowest BCUT2D eigenvalue weighted by Crippen LogP contribution is -2.33. The molecule has 2 aromatic carbocycles. The molecule has 3 aliphatic rings. The van der Waals surface area contributed by atoms with Crippen molar-refractivity contribution in [2.24, 2.45) is 23.7 Å². The SMILES string of the molecule is Cc1ccc(C(=O)COC(=O)c2cccc(N3C(=O)[C@@H]4[C@@H](C3=O)[C@H]3C=C[C@@H]4C3)c2)cc1C. The van der Waals surface area contributed by atoms with E-state index in [1.807, 2.05) is 32.1 Å². The van der Waals surface area contributed by atoms with Crippen molar-refractivity contribution in [1.82, 2.24) is 0 Å². The van der Waals surface area contributed by atoms with Crippen LogP contribution in [0.15, 0.2) is 54.6 Å². The smallest absolute Gasteiger partial charge is 0.338 e. The van der Waals surface area contributed by atoms with Crippen LogP contribution in [0.1, 0.15) is 38.3 Å². The van der Waals surface area contributed by atoms with Gasteiger partial charge in [-0.1, -0.05) is 30.4 Å². The summed E-state index contributed by atoms with van der Waals surface area (Å²) in [5, 5.41) is 0. The number of rotatable bonds is 5. The molecule has 5 rings (SSSR count). The molecule has 162 valence electrons. The number of benzene rings is 2. The Kier molecular flexibility index (Phi) is 4.81. The zero-order valence-electron chi connectivity index (χ0n) is 17.9. The molecule has 1 saturated carbocycles. The topological polar surface area (TPSA) is 80.8 Å². The molecule has 2 aliphatic carbocycles. The van der Waals surface area contributed by atoms with Crippen LogP contribution in [0.2, 0.25) is 0 Å². The predicted octanol–water partition coefficient (Wildman–Crippen LogP) is 3.65. The lowest BCUT2D eigenvalue weighted by atomic mass is 9.85. The van der Waals surface area contributed by atoms with E-state index < -0.39 is 5.97 Å². The van der Waals surface area contributed by atoms with Crippen LogP contribution >= 0.6 is 0 Å². The van der Waals surface area contributed by atoms with Crippen LogP contribution in [-0.4, -0.2) is 30.2 Å². The van der Waals surface area contributed by atoms with Gasteiger partial charge in [0.25, 0.3) is 0 Å². The highest BCUT2D eigenvalue weighted by Gasteiger charge is 2.59. The predicted molar refractivity (Wildman–Crippen MR) is 117 cm³/mol. The molecule has 1 heterocycles. The van der Waals surface area contributed by atoms with Crippen LogP contribution in [0.4, 0.5) is 5.69 Å². The second-order valence-corrected chi connectivity index (χ2v) is 8.86. The van der Waals surface area contributed by atoms with Gasteiger partial charge in [0.1, 0.15) is 0 Å². The van der Waals surface area contributed by atoms with Crippen LogP contribution in [0.5, 0.6) is 0 Å². The van der Waals surface area contributed by atoms with Gasteiger partial charge in [-0.3, -0.25) is 14.4 Å². The van der Waals surface area contributed by atoms with Gasteiger partial charge in [-0.25, -0.2) is 9.69 Å². The first-order valence-corrected chi connectivity index (χ1v) is 10.8. The zero-order valence-corrected chi connectivity index (χ0v) is 17.9. The van der Waals surface area contributed by atoms with E-state index >= 15 is 0 Å². The van der Waals surface area contributed by atoms with Crippen molar-refractivity contribution < 1.29 is 23.9 Å². The van der Waals surface area contributed by atoms with Gasteiger partial charge in [-0.2, -0.15) is 0 Å². The Labute approximate surface area is 185 Å². The number of carbonyl (C=O) groups is 4. The van der Waals surface area contributed by atoms with Crippen molar-refractivity contribution in [3.8, 4) is 0 Å². The molecule has 2 aromatic rings. The summed E-state index contributed by atoms with van der Waals surface area (Å²) in [5.41, 5.74) is 3.10. The highest BCUT2D eigenvalue weighted by Crippen LogP contribution is 2.53. The van der Waals surface area contributed by atoms with Gasteiger partial charge >= 0.3 is 5.97 Å². The number of carbonyl (C=O) groups excluding carboxylic acids is 4. The maximum Gasteiger partial charge on any atom is 0.338 e. The minimum Gasteiger partial charge on any atom is -0.454 e. The Balaban J connectivity index is 1.29. The molecule has 0 spiro atoms. The standard InChI is InChI=1S/C26H23NO5/c1-14-6-7-16(10-15(14)2)21(28)13-32-26(31)19-4-3-5-20(12-19)27-24(29)22-17-8-9-18(11-17)23(22)25(27)30/h3-10,12,17-18,22-23H,11,13H2,1-2H3/t17-,18+,22-,23-/m0/s1. The number of fused-ring (bicyclic) bond motifs is 5. The third-order valence-corrected chi connectivity index (χ3v) is 6.97. The third kappa shape index (κ3) is 3.18. The molecule has 0 N–H and O–H groups in total. The van der Waals surface area contributed by atoms with Crippen molar-refractivity contribution in [2.45, 2.75) is 20.3 Å². The first-order valence-electron chi connectivity index (χ1n) is 10.8. The van der Waals surface area contributed by atoms with Crippen molar-refractivity contribution >= 4 is 29.3 Å². The fraction of sp³-hybridized carbons (Fsp3) is 0.308. The number of ketones is 1. The molecule has 0 aromatic heterocycles. The van der Waals surface area contributed by atoms with Gasteiger partial charge in [0, 0.05) is 5.56 Å². The summed E-state index contributed by atoms with van der Waals surface area (Å²) in [6.07, 6.45) is 4.95. The third-order valence-electron chi connectivity index (χ3n) is 6.97. The maximum atomic E-state index is 13.0. The number of allylic oxidation sites excluding steroid dienone is 2. The summed E-state index contributed by atoms with van der Waals surface area (Å²) in [7, 11) is 0. The van der Waals surface area contributed by atoms with Crippen LogP contribution in [0.25, 0.3) is 0 Å². The minimum absolute atomic E-state index is 0.121. The number of Topliss-reactive ketones (excluding diaryl/α,β-unsaturated/α-hetero) is 1. The summed E-state index contributed by atoms with van der Waals surface area (Å²) in [6.45, 7) is 3.49. The normalized spacial score (nSPS) is 25.4. The molecule has 0 radical (unpaired) electrons. The Bertz CT molecular complexity index is 1170. The molecule has 1 aliphatic heterocycles. The van der Waals surface area contributed by atoms with Gasteiger partial charge < -0.3 is 4.74 Å². The number of aryl methyl sites for hydroxylation is 2. The number of hydrogen-bond acceptors (Lipinski definition) is 5. The molecule has 4 atom stereocenters. The molecular formula is C26H23NO5. The molecule has 6 heteroatoms. The Hall–Kier alpha value is -3.54. The average molecular weight is 429 g/mol. The first kappa shape index (κ1) is 20.4. The number of amides is 2. The van der Waals surface area contributed by atoms with Crippen LogP contribution in [-0.2, 0) is 14.3 Å². The van der Waals surface area contributed by atoms with Gasteiger partial charge in [-0.05, 0) is 67.5 Å².